The second-order valence-electron chi connectivity index (χ2n) is 11.6. The summed E-state index contributed by atoms with van der Waals surface area (Å²) in [6.45, 7) is 9.00. The fraction of sp³-hybridized carbons (Fsp3) is 0.235. The van der Waals surface area contributed by atoms with Gasteiger partial charge in [-0.25, -0.2) is 9.97 Å². The van der Waals surface area contributed by atoms with E-state index in [0.717, 1.165) is 41.0 Å². The Hall–Kier alpha value is -4.58. The maximum atomic E-state index is 5.11. The quantitative estimate of drug-likeness (QED) is 0.239. The first-order valence-corrected chi connectivity index (χ1v) is 13.9. The summed E-state index contributed by atoms with van der Waals surface area (Å²) < 4.78 is 2.33. The average molecular weight is 525 g/mol. The molecular weight excluding hydrogens is 492 g/mol. The lowest BCUT2D eigenvalue weighted by Gasteiger charge is -2.40. The molecule has 2 aromatic heterocycles. The minimum Gasteiger partial charge on any atom is -0.302 e. The zero-order chi connectivity index (χ0) is 27.5. The molecule has 0 atom stereocenters. The number of para-hydroxylation sites is 2. The van der Waals surface area contributed by atoms with Gasteiger partial charge in [0.25, 0.3) is 0 Å². The summed E-state index contributed by atoms with van der Waals surface area (Å²) in [6.07, 6.45) is 8.93. The fourth-order valence-electron chi connectivity index (χ4n) is 5.80. The molecule has 0 N–H and O–H groups in total. The van der Waals surface area contributed by atoms with E-state index in [1.807, 2.05) is 36.4 Å². The number of hydrogen-bond acceptors (Lipinski definition) is 5. The molecule has 0 saturated carbocycles. The Bertz CT molecular complexity index is 1790. The Kier molecular flexibility index (Phi) is 5.49. The van der Waals surface area contributed by atoms with Crippen molar-refractivity contribution in [2.45, 2.75) is 51.6 Å². The van der Waals surface area contributed by atoms with E-state index in [2.05, 4.69) is 97.9 Å². The highest BCUT2D eigenvalue weighted by atomic mass is 15.5. The molecule has 1 aliphatic heterocycles. The predicted molar refractivity (Wildman–Crippen MR) is 162 cm³/mol. The molecule has 40 heavy (non-hydrogen) atoms. The molecule has 0 saturated heterocycles. The van der Waals surface area contributed by atoms with E-state index in [1.54, 1.807) is 0 Å². The number of benzene rings is 3. The molecule has 6 nitrogen and oxygen atoms in total. The average Bonchev–Trinajstić information content (AvgIpc) is 3.43. The lowest BCUT2D eigenvalue weighted by molar-refractivity contribution is 0.251. The minimum atomic E-state index is -0.365. The number of rotatable bonds is 4. The highest BCUT2D eigenvalue weighted by Crippen LogP contribution is 2.51. The molecule has 0 bridgehead atoms. The van der Waals surface area contributed by atoms with Crippen molar-refractivity contribution in [2.75, 3.05) is 4.90 Å². The summed E-state index contributed by atoms with van der Waals surface area (Å²) in [6, 6.07) is 27.0. The van der Waals surface area contributed by atoms with Crippen molar-refractivity contribution in [1.29, 1.82) is 0 Å². The topological polar surface area (TPSA) is 59.7 Å². The van der Waals surface area contributed by atoms with Gasteiger partial charge in [-0.3, -0.25) is 4.90 Å². The van der Waals surface area contributed by atoms with Crippen LogP contribution in [0.4, 0.5) is 11.9 Å². The molecule has 198 valence electrons. The van der Waals surface area contributed by atoms with Gasteiger partial charge in [-0.05, 0) is 63.8 Å². The third kappa shape index (κ3) is 3.70. The van der Waals surface area contributed by atoms with Gasteiger partial charge >= 0.3 is 0 Å². The third-order valence-electron chi connectivity index (χ3n) is 8.69. The highest BCUT2D eigenvalue weighted by molar-refractivity contribution is 5.83. The molecule has 3 heterocycles. The zero-order valence-electron chi connectivity index (χ0n) is 23.3. The normalized spacial score (nSPS) is 17.2. The first-order valence-electron chi connectivity index (χ1n) is 13.9. The lowest BCUT2D eigenvalue weighted by Crippen LogP contribution is -2.51. The van der Waals surface area contributed by atoms with Crippen molar-refractivity contribution in [3.63, 3.8) is 0 Å². The standard InChI is InChI=1S/C34H32N6/c1-33(2)34(3,4)40(32-35-27-17-11-12-18-28(27)39(32)33)31-37-29(25-15-9-6-10-16-25)36-30(38-31)26-21-19-24(20-22-26)23-13-7-5-8-14-23/h6-7,9-22H,5,8H2,1-4H3. The Morgan fingerprint density at radius 3 is 1.98 bits per heavy atom. The molecule has 5 aromatic rings. The van der Waals surface area contributed by atoms with Crippen LogP contribution in [-0.2, 0) is 5.54 Å². The van der Waals surface area contributed by atoms with E-state index in [0.29, 0.717) is 17.6 Å². The van der Waals surface area contributed by atoms with Gasteiger partial charge in [0.05, 0.1) is 22.1 Å². The number of allylic oxidation sites excluding steroid dienone is 4. The van der Waals surface area contributed by atoms with E-state index in [9.17, 15) is 0 Å². The SMILES string of the molecule is CC1(C)N(c2nc(-c3ccccc3)nc(-c3ccc(C4=CCCC=C4)cc3)n2)c2nc3ccccc3n2C1(C)C. The number of aromatic nitrogens is 5. The molecule has 2 aliphatic rings. The van der Waals surface area contributed by atoms with E-state index >= 15 is 0 Å². The van der Waals surface area contributed by atoms with Crippen LogP contribution in [-0.4, -0.2) is 30.0 Å². The number of anilines is 2. The molecule has 1 aliphatic carbocycles. The van der Waals surface area contributed by atoms with Gasteiger partial charge in [-0.2, -0.15) is 9.97 Å². The molecule has 0 fully saturated rings. The summed E-state index contributed by atoms with van der Waals surface area (Å²) in [7, 11) is 0. The number of imidazole rings is 1. The van der Waals surface area contributed by atoms with Crippen LogP contribution in [0.3, 0.4) is 0 Å². The van der Waals surface area contributed by atoms with Gasteiger partial charge in [-0.15, -0.1) is 0 Å². The first kappa shape index (κ1) is 24.5. The summed E-state index contributed by atoms with van der Waals surface area (Å²) in [4.78, 5) is 22.4. The minimum absolute atomic E-state index is 0.277. The summed E-state index contributed by atoms with van der Waals surface area (Å²) in [5.41, 5.74) is 5.80. The smallest absolute Gasteiger partial charge is 0.237 e. The van der Waals surface area contributed by atoms with Gasteiger partial charge < -0.3 is 4.57 Å². The zero-order valence-corrected chi connectivity index (χ0v) is 23.3. The van der Waals surface area contributed by atoms with Gasteiger partial charge in [0, 0.05) is 11.1 Å². The predicted octanol–water partition coefficient (Wildman–Crippen LogP) is 7.95. The van der Waals surface area contributed by atoms with Crippen LogP contribution in [0.2, 0.25) is 0 Å². The van der Waals surface area contributed by atoms with Gasteiger partial charge in [-0.1, -0.05) is 85.0 Å². The Morgan fingerprint density at radius 1 is 0.625 bits per heavy atom. The van der Waals surface area contributed by atoms with Crippen molar-refractivity contribution in [3.8, 4) is 22.8 Å². The van der Waals surface area contributed by atoms with Gasteiger partial charge in [0.1, 0.15) is 0 Å². The monoisotopic (exact) mass is 524 g/mol. The number of nitrogens with zero attached hydrogens (tertiary/aromatic N) is 6. The Morgan fingerprint density at radius 2 is 1.27 bits per heavy atom. The third-order valence-corrected chi connectivity index (χ3v) is 8.69. The largest absolute Gasteiger partial charge is 0.302 e. The lowest BCUT2D eigenvalue weighted by atomic mass is 9.82. The molecule has 0 radical (unpaired) electrons. The second-order valence-corrected chi connectivity index (χ2v) is 11.6. The second kappa shape index (κ2) is 8.98. The van der Waals surface area contributed by atoms with E-state index < -0.39 is 0 Å². The van der Waals surface area contributed by atoms with Crippen molar-refractivity contribution in [1.82, 2.24) is 24.5 Å². The van der Waals surface area contributed by atoms with Gasteiger partial charge in [0.2, 0.25) is 11.9 Å². The summed E-state index contributed by atoms with van der Waals surface area (Å²) in [5.74, 6) is 2.73. The highest BCUT2D eigenvalue weighted by Gasteiger charge is 2.54. The maximum Gasteiger partial charge on any atom is 0.237 e. The van der Waals surface area contributed by atoms with Crippen LogP contribution in [0.15, 0.2) is 97.1 Å². The van der Waals surface area contributed by atoms with Crippen LogP contribution >= 0.6 is 0 Å². The van der Waals surface area contributed by atoms with Crippen molar-refractivity contribution in [2.24, 2.45) is 0 Å². The van der Waals surface area contributed by atoms with Crippen molar-refractivity contribution >= 4 is 28.5 Å². The summed E-state index contributed by atoms with van der Waals surface area (Å²) >= 11 is 0. The molecule has 6 heteroatoms. The molecule has 0 amide bonds. The number of fused-ring (bicyclic) bond motifs is 3. The summed E-state index contributed by atoms with van der Waals surface area (Å²) in [5, 5.41) is 0. The Labute approximate surface area is 234 Å². The van der Waals surface area contributed by atoms with Crippen LogP contribution in [0, 0.1) is 0 Å². The van der Waals surface area contributed by atoms with Crippen LogP contribution in [0.5, 0.6) is 0 Å². The molecular formula is C34H32N6. The molecule has 0 unspecified atom stereocenters. The van der Waals surface area contributed by atoms with Crippen LogP contribution in [0.1, 0.15) is 46.1 Å². The van der Waals surface area contributed by atoms with Gasteiger partial charge in [0.15, 0.2) is 11.6 Å². The molecule has 7 rings (SSSR count). The maximum absolute atomic E-state index is 5.11. The first-order chi connectivity index (χ1) is 19.3. The van der Waals surface area contributed by atoms with Crippen molar-refractivity contribution < 1.29 is 0 Å². The van der Waals surface area contributed by atoms with E-state index in [4.69, 9.17) is 19.9 Å². The molecule has 3 aromatic carbocycles. The fourth-order valence-corrected chi connectivity index (χ4v) is 5.80. The van der Waals surface area contributed by atoms with Crippen LogP contribution < -0.4 is 4.90 Å². The van der Waals surface area contributed by atoms with Crippen LogP contribution in [0.25, 0.3) is 39.4 Å². The van der Waals surface area contributed by atoms with E-state index in [-0.39, 0.29) is 11.1 Å². The van der Waals surface area contributed by atoms with Crippen molar-refractivity contribution in [3.05, 3.63) is 103 Å². The number of hydrogen-bond donors (Lipinski definition) is 0. The molecule has 0 spiro atoms. The van der Waals surface area contributed by atoms with E-state index in [1.165, 1.54) is 11.1 Å². The Balaban J connectivity index is 1.41.